The molecule has 3 rings (SSSR count). The maximum absolute atomic E-state index is 12.6. The zero-order valence-electron chi connectivity index (χ0n) is 23.7. The van der Waals surface area contributed by atoms with Gasteiger partial charge >= 0.3 is 5.97 Å². The van der Waals surface area contributed by atoms with E-state index in [9.17, 15) is 4.79 Å². The largest absolute Gasteiger partial charge is 0.494 e. The highest BCUT2D eigenvalue weighted by Crippen LogP contribution is 2.24. The zero-order chi connectivity index (χ0) is 27.7. The van der Waals surface area contributed by atoms with E-state index in [-0.39, 0.29) is 5.97 Å². The molecule has 3 aromatic rings. The Morgan fingerprint density at radius 2 is 1.23 bits per heavy atom. The molecule has 0 heterocycles. The van der Waals surface area contributed by atoms with Crippen molar-refractivity contribution >= 4 is 5.97 Å². The van der Waals surface area contributed by atoms with Gasteiger partial charge in [0.15, 0.2) is 0 Å². The Labute approximate surface area is 235 Å². The summed E-state index contributed by atoms with van der Waals surface area (Å²) in [5.74, 6) is 2.53. The van der Waals surface area contributed by atoms with Crippen molar-refractivity contribution in [3.8, 4) is 28.4 Å². The van der Waals surface area contributed by atoms with Gasteiger partial charge in [0.2, 0.25) is 0 Å². The van der Waals surface area contributed by atoms with Gasteiger partial charge in [-0.15, -0.1) is 6.58 Å². The van der Waals surface area contributed by atoms with Crippen LogP contribution in [0.25, 0.3) is 11.1 Å². The summed E-state index contributed by atoms with van der Waals surface area (Å²) in [6, 6.07) is 22.8. The number of hydrogen-bond donors (Lipinski definition) is 0. The molecule has 4 nitrogen and oxygen atoms in total. The average molecular weight is 529 g/mol. The lowest BCUT2D eigenvalue weighted by molar-refractivity contribution is 0.0734. The summed E-state index contributed by atoms with van der Waals surface area (Å²) in [5, 5.41) is 0. The number of carbonyl (C=O) groups is 1. The minimum Gasteiger partial charge on any atom is -0.494 e. The highest BCUT2D eigenvalue weighted by Gasteiger charge is 2.10. The monoisotopic (exact) mass is 528 g/mol. The molecule has 39 heavy (non-hydrogen) atoms. The first-order valence-electron chi connectivity index (χ1n) is 14.5. The Balaban J connectivity index is 1.40. The summed E-state index contributed by atoms with van der Waals surface area (Å²) >= 11 is 0. The molecule has 1 atom stereocenters. The minimum absolute atomic E-state index is 0.382. The standard InChI is InChI=1S/C35H44O4/c1-4-6-7-8-9-10-11-26-37-33-22-24-34(25-23-33)39-35(36)31-16-14-29(15-17-31)30-18-20-32(21-19-30)38-27-12-13-28(3)5-2/h4,14-25,28H,1,5-13,26-27H2,2-3H3. The fourth-order valence-electron chi connectivity index (χ4n) is 4.25. The fourth-order valence-corrected chi connectivity index (χ4v) is 4.25. The smallest absolute Gasteiger partial charge is 0.343 e. The van der Waals surface area contributed by atoms with Crippen molar-refractivity contribution in [3.63, 3.8) is 0 Å². The van der Waals surface area contributed by atoms with Crippen LogP contribution in [0.4, 0.5) is 0 Å². The number of unbranched alkanes of at least 4 members (excludes halogenated alkanes) is 5. The van der Waals surface area contributed by atoms with E-state index in [0.717, 1.165) is 54.4 Å². The van der Waals surface area contributed by atoms with E-state index in [4.69, 9.17) is 14.2 Å². The number of benzene rings is 3. The van der Waals surface area contributed by atoms with Crippen LogP contribution in [0.2, 0.25) is 0 Å². The molecule has 0 radical (unpaired) electrons. The van der Waals surface area contributed by atoms with Gasteiger partial charge in [0.1, 0.15) is 17.2 Å². The molecule has 0 saturated heterocycles. The van der Waals surface area contributed by atoms with E-state index >= 15 is 0 Å². The number of hydrogen-bond acceptors (Lipinski definition) is 4. The maximum Gasteiger partial charge on any atom is 0.343 e. The predicted molar refractivity (Wildman–Crippen MR) is 161 cm³/mol. The first-order valence-corrected chi connectivity index (χ1v) is 14.5. The molecule has 0 aliphatic rings. The van der Waals surface area contributed by atoms with Gasteiger partial charge in [-0.3, -0.25) is 0 Å². The Morgan fingerprint density at radius 3 is 1.85 bits per heavy atom. The molecular weight excluding hydrogens is 484 g/mol. The molecule has 0 N–H and O–H groups in total. The molecule has 3 aromatic carbocycles. The molecule has 0 bridgehead atoms. The predicted octanol–water partition coefficient (Wildman–Crippen LogP) is 9.68. The number of rotatable bonds is 18. The van der Waals surface area contributed by atoms with Crippen molar-refractivity contribution in [2.24, 2.45) is 5.92 Å². The van der Waals surface area contributed by atoms with Gasteiger partial charge in [0.25, 0.3) is 0 Å². The van der Waals surface area contributed by atoms with Crippen molar-refractivity contribution in [1.29, 1.82) is 0 Å². The Hall–Kier alpha value is -3.53. The molecule has 0 amide bonds. The zero-order valence-corrected chi connectivity index (χ0v) is 23.7. The van der Waals surface area contributed by atoms with Crippen molar-refractivity contribution in [2.75, 3.05) is 13.2 Å². The second-order valence-corrected chi connectivity index (χ2v) is 10.2. The van der Waals surface area contributed by atoms with Crippen LogP contribution < -0.4 is 14.2 Å². The molecular formula is C35H44O4. The first kappa shape index (κ1) is 30.0. The van der Waals surface area contributed by atoms with Crippen LogP contribution >= 0.6 is 0 Å². The third-order valence-corrected chi connectivity index (χ3v) is 6.97. The fraction of sp³-hybridized carbons (Fsp3) is 0.400. The van der Waals surface area contributed by atoms with E-state index < -0.39 is 0 Å². The third kappa shape index (κ3) is 11.0. The van der Waals surface area contributed by atoms with E-state index in [1.807, 2.05) is 54.6 Å². The lowest BCUT2D eigenvalue weighted by Crippen LogP contribution is -2.08. The van der Waals surface area contributed by atoms with E-state index in [1.54, 1.807) is 24.3 Å². The van der Waals surface area contributed by atoms with Gasteiger partial charge in [0.05, 0.1) is 18.8 Å². The topological polar surface area (TPSA) is 44.8 Å². The molecule has 0 aromatic heterocycles. The highest BCUT2D eigenvalue weighted by molar-refractivity contribution is 5.91. The highest BCUT2D eigenvalue weighted by atomic mass is 16.5. The third-order valence-electron chi connectivity index (χ3n) is 6.97. The normalized spacial score (nSPS) is 11.5. The van der Waals surface area contributed by atoms with Crippen LogP contribution in [0.5, 0.6) is 17.2 Å². The second kappa shape index (κ2) is 17.1. The maximum atomic E-state index is 12.6. The SMILES string of the molecule is C=CCCCCCCCOc1ccc(OC(=O)c2ccc(-c3ccc(OCCCC(C)CC)cc3)cc2)cc1. The molecule has 0 fully saturated rings. The number of allylic oxidation sites excluding steroid dienone is 1. The minimum atomic E-state index is -0.382. The average Bonchev–Trinajstić information content (AvgIpc) is 2.97. The van der Waals surface area contributed by atoms with Crippen LogP contribution in [0.1, 0.15) is 82.0 Å². The Kier molecular flexibility index (Phi) is 13.2. The molecule has 4 heteroatoms. The lowest BCUT2D eigenvalue weighted by Gasteiger charge is -2.10. The number of carbonyl (C=O) groups excluding carboxylic acids is 1. The summed E-state index contributed by atoms with van der Waals surface area (Å²) in [5.41, 5.74) is 2.62. The van der Waals surface area contributed by atoms with E-state index in [1.165, 1.54) is 38.5 Å². The summed E-state index contributed by atoms with van der Waals surface area (Å²) < 4.78 is 17.2. The van der Waals surface area contributed by atoms with Crippen LogP contribution in [-0.4, -0.2) is 19.2 Å². The quantitative estimate of drug-likeness (QED) is 0.0713. The van der Waals surface area contributed by atoms with E-state index in [0.29, 0.717) is 17.9 Å². The summed E-state index contributed by atoms with van der Waals surface area (Å²) in [7, 11) is 0. The van der Waals surface area contributed by atoms with Gasteiger partial charge in [-0.1, -0.05) is 69.9 Å². The second-order valence-electron chi connectivity index (χ2n) is 10.2. The van der Waals surface area contributed by atoms with E-state index in [2.05, 4.69) is 20.4 Å². The molecule has 0 saturated carbocycles. The van der Waals surface area contributed by atoms with Gasteiger partial charge < -0.3 is 14.2 Å². The number of ether oxygens (including phenoxy) is 3. The summed E-state index contributed by atoms with van der Waals surface area (Å²) in [4.78, 5) is 12.6. The van der Waals surface area contributed by atoms with Gasteiger partial charge in [-0.05, 0) is 97.7 Å². The van der Waals surface area contributed by atoms with Crippen molar-refractivity contribution in [2.45, 2.75) is 71.6 Å². The molecule has 1 unspecified atom stereocenters. The van der Waals surface area contributed by atoms with Gasteiger partial charge in [0, 0.05) is 0 Å². The van der Waals surface area contributed by atoms with Gasteiger partial charge in [-0.25, -0.2) is 4.79 Å². The number of esters is 1. The molecule has 208 valence electrons. The molecule has 0 aliphatic carbocycles. The molecule has 0 aliphatic heterocycles. The van der Waals surface area contributed by atoms with Crippen LogP contribution in [0.15, 0.2) is 85.5 Å². The van der Waals surface area contributed by atoms with Crippen molar-refractivity contribution in [3.05, 3.63) is 91.0 Å². The van der Waals surface area contributed by atoms with Crippen LogP contribution in [0, 0.1) is 5.92 Å². The Bertz CT molecular complexity index is 1100. The Morgan fingerprint density at radius 1 is 0.718 bits per heavy atom. The first-order chi connectivity index (χ1) is 19.1. The lowest BCUT2D eigenvalue weighted by atomic mass is 10.0. The van der Waals surface area contributed by atoms with Crippen LogP contribution in [-0.2, 0) is 0 Å². The van der Waals surface area contributed by atoms with Crippen molar-refractivity contribution in [1.82, 2.24) is 0 Å². The summed E-state index contributed by atoms with van der Waals surface area (Å²) in [6.07, 6.45) is 12.5. The van der Waals surface area contributed by atoms with Crippen molar-refractivity contribution < 1.29 is 19.0 Å². The van der Waals surface area contributed by atoms with Gasteiger partial charge in [-0.2, -0.15) is 0 Å². The molecule has 0 spiro atoms. The van der Waals surface area contributed by atoms with Crippen LogP contribution in [0.3, 0.4) is 0 Å². The summed E-state index contributed by atoms with van der Waals surface area (Å²) in [6.45, 7) is 9.70.